The normalized spacial score (nSPS) is 18.5. The van der Waals surface area contributed by atoms with Crippen LogP contribution in [0.4, 0.5) is 5.95 Å². The lowest BCUT2D eigenvalue weighted by Gasteiger charge is -2.32. The molecule has 0 bridgehead atoms. The van der Waals surface area contributed by atoms with Crippen molar-refractivity contribution in [2.45, 2.75) is 12.8 Å². The maximum Gasteiger partial charge on any atom is 0.254 e. The molecule has 1 amide bonds. The molecule has 0 aromatic carbocycles. The van der Waals surface area contributed by atoms with Crippen molar-refractivity contribution in [3.8, 4) is 0 Å². The van der Waals surface area contributed by atoms with Crippen molar-refractivity contribution in [1.82, 2.24) is 25.5 Å². The molecule has 110 valence electrons. The molecule has 3 heterocycles. The molecule has 7 nitrogen and oxygen atoms in total. The van der Waals surface area contributed by atoms with Gasteiger partial charge in [-0.05, 0) is 24.8 Å². The van der Waals surface area contributed by atoms with E-state index in [0.717, 1.165) is 31.9 Å². The minimum Gasteiger partial charge on any atom is -0.352 e. The van der Waals surface area contributed by atoms with Gasteiger partial charge in [0, 0.05) is 38.2 Å². The SMILES string of the molecule is O=C(NCC1CCCN(c2ncccn2)C1)c1cn[nH]c1. The maximum absolute atomic E-state index is 11.9. The first-order chi connectivity index (χ1) is 10.3. The third-order valence-corrected chi connectivity index (χ3v) is 3.67. The largest absolute Gasteiger partial charge is 0.352 e. The number of hydrogen-bond acceptors (Lipinski definition) is 5. The second-order valence-electron chi connectivity index (χ2n) is 5.20. The summed E-state index contributed by atoms with van der Waals surface area (Å²) in [6, 6.07) is 1.82. The molecule has 1 fully saturated rings. The number of hydrogen-bond donors (Lipinski definition) is 2. The fourth-order valence-electron chi connectivity index (χ4n) is 2.58. The van der Waals surface area contributed by atoms with E-state index in [4.69, 9.17) is 0 Å². The predicted molar refractivity (Wildman–Crippen MR) is 77.9 cm³/mol. The summed E-state index contributed by atoms with van der Waals surface area (Å²) >= 11 is 0. The van der Waals surface area contributed by atoms with Crippen LogP contribution in [0.1, 0.15) is 23.2 Å². The van der Waals surface area contributed by atoms with Gasteiger partial charge in [0.15, 0.2) is 0 Å². The van der Waals surface area contributed by atoms with Crippen LogP contribution in [0.25, 0.3) is 0 Å². The number of nitrogens with zero attached hydrogens (tertiary/aromatic N) is 4. The van der Waals surface area contributed by atoms with Crippen LogP contribution in [0, 0.1) is 5.92 Å². The van der Waals surface area contributed by atoms with Crippen LogP contribution >= 0.6 is 0 Å². The summed E-state index contributed by atoms with van der Waals surface area (Å²) in [6.45, 7) is 2.50. The van der Waals surface area contributed by atoms with E-state index in [-0.39, 0.29) is 5.91 Å². The quantitative estimate of drug-likeness (QED) is 0.870. The minimum absolute atomic E-state index is 0.0863. The standard InChI is InChI=1S/C14H18N6O/c21-13(12-8-18-19-9-12)17-7-11-3-1-6-20(10-11)14-15-4-2-5-16-14/h2,4-5,8-9,11H,1,3,6-7,10H2,(H,17,21)(H,18,19). The van der Waals surface area contributed by atoms with E-state index >= 15 is 0 Å². The Hall–Kier alpha value is -2.44. The Labute approximate surface area is 122 Å². The molecule has 0 spiro atoms. The second kappa shape index (κ2) is 6.34. The number of carbonyl (C=O) groups excluding carboxylic acids is 1. The average molecular weight is 286 g/mol. The third-order valence-electron chi connectivity index (χ3n) is 3.67. The van der Waals surface area contributed by atoms with Gasteiger partial charge in [0.2, 0.25) is 5.95 Å². The highest BCUT2D eigenvalue weighted by Crippen LogP contribution is 2.19. The highest BCUT2D eigenvalue weighted by atomic mass is 16.1. The van der Waals surface area contributed by atoms with E-state index in [0.29, 0.717) is 18.0 Å². The van der Waals surface area contributed by atoms with Gasteiger partial charge in [0.05, 0.1) is 11.8 Å². The van der Waals surface area contributed by atoms with Crippen LogP contribution in [0.2, 0.25) is 0 Å². The van der Waals surface area contributed by atoms with Crippen molar-refractivity contribution in [1.29, 1.82) is 0 Å². The van der Waals surface area contributed by atoms with Crippen LogP contribution in [-0.2, 0) is 0 Å². The van der Waals surface area contributed by atoms with E-state index in [1.807, 2.05) is 6.07 Å². The number of anilines is 1. The first-order valence-electron chi connectivity index (χ1n) is 7.12. The molecule has 1 aliphatic rings. The van der Waals surface area contributed by atoms with Crippen molar-refractivity contribution >= 4 is 11.9 Å². The number of H-pyrrole nitrogens is 1. The molecule has 1 atom stereocenters. The Kier molecular flexibility index (Phi) is 4.09. The maximum atomic E-state index is 11.9. The van der Waals surface area contributed by atoms with E-state index in [1.54, 1.807) is 18.6 Å². The molecule has 0 saturated carbocycles. The lowest BCUT2D eigenvalue weighted by Crippen LogP contribution is -2.41. The van der Waals surface area contributed by atoms with Gasteiger partial charge in [-0.15, -0.1) is 0 Å². The highest BCUT2D eigenvalue weighted by Gasteiger charge is 2.22. The van der Waals surface area contributed by atoms with Gasteiger partial charge in [0.1, 0.15) is 0 Å². The zero-order valence-corrected chi connectivity index (χ0v) is 11.7. The summed E-state index contributed by atoms with van der Waals surface area (Å²) in [4.78, 5) is 22.6. The lowest BCUT2D eigenvalue weighted by atomic mass is 9.98. The average Bonchev–Trinajstić information content (AvgIpc) is 3.08. The van der Waals surface area contributed by atoms with E-state index in [2.05, 4.69) is 30.4 Å². The van der Waals surface area contributed by atoms with Gasteiger partial charge in [-0.2, -0.15) is 5.10 Å². The number of amides is 1. The molecule has 1 saturated heterocycles. The van der Waals surface area contributed by atoms with Crippen LogP contribution in [-0.4, -0.2) is 45.7 Å². The van der Waals surface area contributed by atoms with Crippen molar-refractivity contribution in [3.05, 3.63) is 36.4 Å². The number of piperidine rings is 1. The number of aromatic nitrogens is 4. The zero-order valence-electron chi connectivity index (χ0n) is 11.7. The molecule has 0 radical (unpaired) electrons. The van der Waals surface area contributed by atoms with Crippen LogP contribution < -0.4 is 10.2 Å². The first-order valence-corrected chi connectivity index (χ1v) is 7.12. The zero-order chi connectivity index (χ0) is 14.5. The van der Waals surface area contributed by atoms with Crippen molar-refractivity contribution in [2.75, 3.05) is 24.5 Å². The van der Waals surface area contributed by atoms with E-state index in [1.165, 1.54) is 6.20 Å². The van der Waals surface area contributed by atoms with Crippen LogP contribution in [0.3, 0.4) is 0 Å². The molecule has 2 N–H and O–H groups in total. The van der Waals surface area contributed by atoms with Gasteiger partial charge in [-0.3, -0.25) is 9.89 Å². The molecular formula is C14H18N6O. The summed E-state index contributed by atoms with van der Waals surface area (Å²) in [5.41, 5.74) is 0.564. The number of nitrogens with one attached hydrogen (secondary N) is 2. The molecule has 0 aliphatic carbocycles. The first kappa shape index (κ1) is 13.5. The number of rotatable bonds is 4. The van der Waals surface area contributed by atoms with Gasteiger partial charge >= 0.3 is 0 Å². The van der Waals surface area contributed by atoms with Gasteiger partial charge < -0.3 is 10.2 Å². The van der Waals surface area contributed by atoms with E-state index in [9.17, 15) is 4.79 Å². The Balaban J connectivity index is 1.53. The molecule has 1 aliphatic heterocycles. The Morgan fingerprint density at radius 2 is 2.29 bits per heavy atom. The molecule has 2 aromatic rings. The second-order valence-corrected chi connectivity index (χ2v) is 5.20. The summed E-state index contributed by atoms with van der Waals surface area (Å²) < 4.78 is 0. The molecule has 7 heteroatoms. The van der Waals surface area contributed by atoms with Gasteiger partial charge in [-0.1, -0.05) is 0 Å². The third kappa shape index (κ3) is 3.36. The fraction of sp³-hybridized carbons (Fsp3) is 0.429. The van der Waals surface area contributed by atoms with Crippen molar-refractivity contribution in [3.63, 3.8) is 0 Å². The van der Waals surface area contributed by atoms with Crippen molar-refractivity contribution in [2.24, 2.45) is 5.92 Å². The fourth-order valence-corrected chi connectivity index (χ4v) is 2.58. The minimum atomic E-state index is -0.0863. The van der Waals surface area contributed by atoms with Crippen LogP contribution in [0.5, 0.6) is 0 Å². The smallest absolute Gasteiger partial charge is 0.254 e. The topological polar surface area (TPSA) is 86.8 Å². The monoisotopic (exact) mass is 286 g/mol. The highest BCUT2D eigenvalue weighted by molar-refractivity contribution is 5.93. The van der Waals surface area contributed by atoms with Gasteiger partial charge in [0.25, 0.3) is 5.91 Å². The molecule has 2 aromatic heterocycles. The van der Waals surface area contributed by atoms with Gasteiger partial charge in [-0.25, -0.2) is 9.97 Å². The van der Waals surface area contributed by atoms with E-state index < -0.39 is 0 Å². The summed E-state index contributed by atoms with van der Waals surface area (Å²) in [5.74, 6) is 1.10. The molecule has 1 unspecified atom stereocenters. The Bertz CT molecular complexity index is 570. The predicted octanol–water partition coefficient (Wildman–Crippen LogP) is 0.846. The number of carbonyl (C=O) groups is 1. The Morgan fingerprint density at radius 1 is 1.43 bits per heavy atom. The molecular weight excluding hydrogens is 268 g/mol. The molecule has 21 heavy (non-hydrogen) atoms. The summed E-state index contributed by atoms with van der Waals surface area (Å²) in [5, 5.41) is 9.38. The Morgan fingerprint density at radius 3 is 3.05 bits per heavy atom. The summed E-state index contributed by atoms with van der Waals surface area (Å²) in [7, 11) is 0. The summed E-state index contributed by atoms with van der Waals surface area (Å²) in [6.07, 6.45) is 8.83. The number of aromatic amines is 1. The molecule has 3 rings (SSSR count). The lowest BCUT2D eigenvalue weighted by molar-refractivity contribution is 0.0945. The van der Waals surface area contributed by atoms with Crippen molar-refractivity contribution < 1.29 is 4.79 Å². The van der Waals surface area contributed by atoms with Crippen LogP contribution in [0.15, 0.2) is 30.9 Å².